The summed E-state index contributed by atoms with van der Waals surface area (Å²) in [7, 11) is 1.75. The Morgan fingerprint density at radius 2 is 2.11 bits per heavy atom. The Morgan fingerprint density at radius 3 is 2.61 bits per heavy atom. The van der Waals surface area contributed by atoms with E-state index in [0.29, 0.717) is 16.8 Å². The van der Waals surface area contributed by atoms with E-state index in [-0.39, 0.29) is 5.91 Å². The van der Waals surface area contributed by atoms with Crippen molar-refractivity contribution >= 4 is 65.0 Å². The van der Waals surface area contributed by atoms with Crippen molar-refractivity contribution in [3.8, 4) is 0 Å². The third-order valence-corrected chi connectivity index (χ3v) is 5.02. The molecule has 0 aliphatic carbocycles. The van der Waals surface area contributed by atoms with Crippen molar-refractivity contribution in [2.24, 2.45) is 0 Å². The summed E-state index contributed by atoms with van der Waals surface area (Å²) in [6.45, 7) is 0.435. The standard InChI is InChI=1S/C11H8Br3NO2S/c1-15(5-6-2-3-8(12)17-6)11(16)7-4-9(13)18-10(7)14/h2-4H,5H2,1H3. The molecule has 2 aromatic heterocycles. The number of hydrogen-bond acceptors (Lipinski definition) is 3. The second kappa shape index (κ2) is 5.90. The third kappa shape index (κ3) is 3.26. The normalized spacial score (nSPS) is 10.7. The van der Waals surface area contributed by atoms with Gasteiger partial charge >= 0.3 is 0 Å². The van der Waals surface area contributed by atoms with E-state index in [9.17, 15) is 4.79 Å². The van der Waals surface area contributed by atoms with Crippen LogP contribution in [0.3, 0.4) is 0 Å². The van der Waals surface area contributed by atoms with Crippen LogP contribution in [0.4, 0.5) is 0 Å². The number of carbonyl (C=O) groups is 1. The van der Waals surface area contributed by atoms with Crippen molar-refractivity contribution < 1.29 is 9.21 Å². The van der Waals surface area contributed by atoms with Gasteiger partial charge in [0.05, 0.1) is 19.7 Å². The van der Waals surface area contributed by atoms with E-state index in [0.717, 1.165) is 13.3 Å². The Labute approximate surface area is 134 Å². The molecule has 0 fully saturated rings. The molecule has 0 saturated heterocycles. The number of amides is 1. The zero-order valence-electron chi connectivity index (χ0n) is 9.25. The molecule has 0 saturated carbocycles. The van der Waals surface area contributed by atoms with Gasteiger partial charge in [-0.2, -0.15) is 0 Å². The fraction of sp³-hybridized carbons (Fsp3) is 0.182. The van der Waals surface area contributed by atoms with E-state index in [4.69, 9.17) is 4.42 Å². The van der Waals surface area contributed by atoms with Crippen molar-refractivity contribution in [3.05, 3.63) is 41.8 Å². The molecule has 0 N–H and O–H groups in total. The molecule has 0 radical (unpaired) electrons. The Kier molecular flexibility index (Phi) is 4.69. The average Bonchev–Trinajstić information content (AvgIpc) is 2.84. The molecule has 0 aliphatic heterocycles. The molecule has 0 bridgehead atoms. The van der Waals surface area contributed by atoms with Crippen LogP contribution in [-0.2, 0) is 6.54 Å². The molecule has 18 heavy (non-hydrogen) atoms. The zero-order chi connectivity index (χ0) is 13.3. The number of thiophene rings is 1. The lowest BCUT2D eigenvalue weighted by Crippen LogP contribution is -2.25. The van der Waals surface area contributed by atoms with Crippen LogP contribution in [0.2, 0.25) is 0 Å². The average molecular weight is 458 g/mol. The minimum absolute atomic E-state index is 0.0450. The van der Waals surface area contributed by atoms with E-state index in [1.165, 1.54) is 11.3 Å². The molecular formula is C11H8Br3NO2S. The molecule has 2 rings (SSSR count). The van der Waals surface area contributed by atoms with Gasteiger partial charge in [0.1, 0.15) is 5.76 Å². The first-order valence-corrected chi connectivity index (χ1v) is 8.11. The van der Waals surface area contributed by atoms with Crippen molar-refractivity contribution in [1.29, 1.82) is 0 Å². The molecule has 0 atom stereocenters. The van der Waals surface area contributed by atoms with Gasteiger partial charge in [-0.05, 0) is 66.0 Å². The highest BCUT2D eigenvalue weighted by molar-refractivity contribution is 9.12. The molecule has 0 unspecified atom stereocenters. The predicted molar refractivity (Wildman–Crippen MR) is 81.9 cm³/mol. The number of furan rings is 1. The molecule has 0 spiro atoms. The van der Waals surface area contributed by atoms with Gasteiger partial charge in [0, 0.05) is 7.05 Å². The molecular weight excluding hydrogens is 450 g/mol. The fourth-order valence-corrected chi connectivity index (χ4v) is 4.55. The van der Waals surface area contributed by atoms with E-state index < -0.39 is 0 Å². The van der Waals surface area contributed by atoms with Crippen LogP contribution in [-0.4, -0.2) is 17.9 Å². The van der Waals surface area contributed by atoms with Crippen molar-refractivity contribution in [3.63, 3.8) is 0 Å². The topological polar surface area (TPSA) is 33.5 Å². The largest absolute Gasteiger partial charge is 0.452 e. The maximum atomic E-state index is 12.2. The highest BCUT2D eigenvalue weighted by Crippen LogP contribution is 2.32. The van der Waals surface area contributed by atoms with Gasteiger partial charge in [-0.3, -0.25) is 4.79 Å². The smallest absolute Gasteiger partial charge is 0.256 e. The summed E-state index contributed by atoms with van der Waals surface area (Å²) in [4.78, 5) is 13.8. The van der Waals surface area contributed by atoms with Gasteiger partial charge in [-0.1, -0.05) is 0 Å². The molecule has 1 amide bonds. The molecule has 96 valence electrons. The number of nitrogens with zero attached hydrogens (tertiary/aromatic N) is 1. The monoisotopic (exact) mass is 455 g/mol. The van der Waals surface area contributed by atoms with Crippen molar-refractivity contribution in [2.45, 2.75) is 6.54 Å². The zero-order valence-corrected chi connectivity index (χ0v) is 14.8. The SMILES string of the molecule is CN(Cc1ccc(Br)o1)C(=O)c1cc(Br)sc1Br. The number of rotatable bonds is 3. The summed E-state index contributed by atoms with van der Waals surface area (Å²) in [5, 5.41) is 0. The maximum absolute atomic E-state index is 12.2. The van der Waals surface area contributed by atoms with Crippen LogP contribution in [0.1, 0.15) is 16.1 Å². The van der Waals surface area contributed by atoms with Crippen LogP contribution in [0.15, 0.2) is 34.9 Å². The maximum Gasteiger partial charge on any atom is 0.256 e. The number of halogens is 3. The highest BCUT2D eigenvalue weighted by Gasteiger charge is 2.18. The summed E-state index contributed by atoms with van der Waals surface area (Å²) < 4.78 is 7.79. The van der Waals surface area contributed by atoms with Gasteiger partial charge < -0.3 is 9.32 Å². The lowest BCUT2D eigenvalue weighted by molar-refractivity contribution is 0.0774. The highest BCUT2D eigenvalue weighted by atomic mass is 79.9. The molecule has 2 heterocycles. The van der Waals surface area contributed by atoms with E-state index in [2.05, 4.69) is 47.8 Å². The minimum Gasteiger partial charge on any atom is -0.452 e. The second-order valence-corrected chi connectivity index (χ2v) is 8.14. The Bertz CT molecular complexity index is 579. The summed E-state index contributed by atoms with van der Waals surface area (Å²) in [5.74, 6) is 0.694. The summed E-state index contributed by atoms with van der Waals surface area (Å²) in [5.41, 5.74) is 0.653. The fourth-order valence-electron chi connectivity index (χ4n) is 1.43. The molecule has 0 aliphatic rings. The Hall–Kier alpha value is -0.110. The van der Waals surface area contributed by atoms with Crippen LogP contribution >= 0.6 is 59.1 Å². The Morgan fingerprint density at radius 1 is 1.39 bits per heavy atom. The first-order chi connectivity index (χ1) is 8.47. The van der Waals surface area contributed by atoms with E-state index in [1.807, 2.05) is 18.2 Å². The van der Waals surface area contributed by atoms with Gasteiger partial charge in [0.2, 0.25) is 0 Å². The lowest BCUT2D eigenvalue weighted by atomic mass is 10.3. The van der Waals surface area contributed by atoms with Crippen LogP contribution < -0.4 is 0 Å². The van der Waals surface area contributed by atoms with Crippen molar-refractivity contribution in [2.75, 3.05) is 7.05 Å². The van der Waals surface area contributed by atoms with Crippen molar-refractivity contribution in [1.82, 2.24) is 4.90 Å². The molecule has 7 heteroatoms. The second-order valence-electron chi connectivity index (χ2n) is 3.60. The van der Waals surface area contributed by atoms with Gasteiger partial charge in [0.15, 0.2) is 4.67 Å². The van der Waals surface area contributed by atoms with Gasteiger partial charge in [-0.25, -0.2) is 0 Å². The molecule has 2 aromatic rings. The third-order valence-electron chi connectivity index (χ3n) is 2.26. The van der Waals surface area contributed by atoms with Crippen LogP contribution in [0, 0.1) is 0 Å². The minimum atomic E-state index is -0.0450. The Balaban J connectivity index is 2.11. The van der Waals surface area contributed by atoms with E-state index >= 15 is 0 Å². The first kappa shape index (κ1) is 14.3. The summed E-state index contributed by atoms with van der Waals surface area (Å²) in [6, 6.07) is 5.46. The van der Waals surface area contributed by atoms with Gasteiger partial charge in [0.25, 0.3) is 5.91 Å². The number of hydrogen-bond donors (Lipinski definition) is 0. The number of carbonyl (C=O) groups excluding carboxylic acids is 1. The first-order valence-electron chi connectivity index (χ1n) is 4.92. The van der Waals surface area contributed by atoms with Crippen LogP contribution in [0.25, 0.3) is 0 Å². The lowest BCUT2D eigenvalue weighted by Gasteiger charge is -2.15. The molecule has 3 nitrogen and oxygen atoms in total. The van der Waals surface area contributed by atoms with E-state index in [1.54, 1.807) is 11.9 Å². The van der Waals surface area contributed by atoms with Crippen LogP contribution in [0.5, 0.6) is 0 Å². The summed E-state index contributed by atoms with van der Waals surface area (Å²) >= 11 is 11.5. The molecule has 0 aromatic carbocycles. The van der Waals surface area contributed by atoms with Gasteiger partial charge in [-0.15, -0.1) is 11.3 Å². The summed E-state index contributed by atoms with van der Waals surface area (Å²) in [6.07, 6.45) is 0. The predicted octanol–water partition coefficient (Wildman–Crippen LogP) is 4.90. The quantitative estimate of drug-likeness (QED) is 0.656.